The van der Waals surface area contributed by atoms with Gasteiger partial charge in [-0.1, -0.05) is 20.8 Å². The van der Waals surface area contributed by atoms with Crippen molar-refractivity contribution in [2.75, 3.05) is 20.6 Å². The van der Waals surface area contributed by atoms with Gasteiger partial charge in [-0.25, -0.2) is 0 Å². The number of nitrogens with one attached hydrogen (secondary N) is 1. The van der Waals surface area contributed by atoms with Gasteiger partial charge < -0.3 is 10.2 Å². The van der Waals surface area contributed by atoms with Crippen molar-refractivity contribution >= 4 is 0 Å². The Hall–Kier alpha value is -0.0800. The third kappa shape index (κ3) is 4.06. The normalized spacial score (nSPS) is 23.6. The first-order chi connectivity index (χ1) is 7.48. The molecule has 0 radical (unpaired) electrons. The topological polar surface area (TPSA) is 15.3 Å². The fourth-order valence-corrected chi connectivity index (χ4v) is 2.75. The van der Waals surface area contributed by atoms with Crippen molar-refractivity contribution in [3.63, 3.8) is 0 Å². The van der Waals surface area contributed by atoms with E-state index in [4.69, 9.17) is 0 Å². The number of rotatable bonds is 5. The largest absolute Gasteiger partial charge is 0.316 e. The molecule has 0 aromatic carbocycles. The van der Waals surface area contributed by atoms with E-state index in [0.717, 1.165) is 6.04 Å². The van der Waals surface area contributed by atoms with Crippen molar-refractivity contribution in [1.82, 2.24) is 10.2 Å². The molecule has 1 aliphatic carbocycles. The molecule has 2 heteroatoms. The Bertz CT molecular complexity index is 187. The Balaban J connectivity index is 2.35. The zero-order valence-electron chi connectivity index (χ0n) is 11.8. The molecule has 0 amide bonds. The molecule has 1 unspecified atom stereocenters. The number of hydrogen-bond donors (Lipinski definition) is 1. The van der Waals surface area contributed by atoms with E-state index in [9.17, 15) is 0 Å². The molecule has 1 saturated carbocycles. The highest BCUT2D eigenvalue weighted by Gasteiger charge is 2.29. The Morgan fingerprint density at radius 2 is 1.88 bits per heavy atom. The average molecular weight is 226 g/mol. The SMILES string of the molecule is CCC(CN(C)C1CCC(C)(C)CC1)NC. The molecule has 0 saturated heterocycles. The Kier molecular flexibility index (Phi) is 5.26. The molecule has 0 aromatic rings. The second-order valence-electron chi connectivity index (χ2n) is 6.23. The minimum Gasteiger partial charge on any atom is -0.316 e. The molecule has 0 bridgehead atoms. The van der Waals surface area contributed by atoms with Crippen molar-refractivity contribution in [2.45, 2.75) is 65.0 Å². The molecule has 1 rings (SSSR count). The lowest BCUT2D eigenvalue weighted by Crippen LogP contribution is -2.44. The van der Waals surface area contributed by atoms with Gasteiger partial charge in [0.25, 0.3) is 0 Å². The Labute approximate surface area is 102 Å². The summed E-state index contributed by atoms with van der Waals surface area (Å²) in [6.45, 7) is 8.27. The number of likely N-dealkylation sites (N-methyl/N-ethyl adjacent to an activating group) is 2. The van der Waals surface area contributed by atoms with Crippen LogP contribution in [0.2, 0.25) is 0 Å². The Morgan fingerprint density at radius 1 is 1.31 bits per heavy atom. The van der Waals surface area contributed by atoms with E-state index >= 15 is 0 Å². The monoisotopic (exact) mass is 226 g/mol. The molecule has 96 valence electrons. The van der Waals surface area contributed by atoms with Gasteiger partial charge in [-0.2, -0.15) is 0 Å². The molecular formula is C14H30N2. The highest BCUT2D eigenvalue weighted by Crippen LogP contribution is 2.36. The zero-order chi connectivity index (χ0) is 12.2. The predicted molar refractivity (Wildman–Crippen MR) is 71.8 cm³/mol. The fourth-order valence-electron chi connectivity index (χ4n) is 2.75. The van der Waals surface area contributed by atoms with Crippen molar-refractivity contribution in [2.24, 2.45) is 5.41 Å². The van der Waals surface area contributed by atoms with Gasteiger partial charge in [-0.15, -0.1) is 0 Å². The van der Waals surface area contributed by atoms with Crippen molar-refractivity contribution in [1.29, 1.82) is 0 Å². The average Bonchev–Trinajstić information content (AvgIpc) is 2.25. The van der Waals surface area contributed by atoms with Crippen molar-refractivity contribution < 1.29 is 0 Å². The van der Waals surface area contributed by atoms with Gasteiger partial charge in [-0.05, 0) is 51.6 Å². The van der Waals surface area contributed by atoms with Gasteiger partial charge in [0.1, 0.15) is 0 Å². The first-order valence-corrected chi connectivity index (χ1v) is 6.86. The lowest BCUT2D eigenvalue weighted by molar-refractivity contribution is 0.119. The summed E-state index contributed by atoms with van der Waals surface area (Å²) in [5.74, 6) is 0. The lowest BCUT2D eigenvalue weighted by Gasteiger charge is -2.39. The van der Waals surface area contributed by atoms with Crippen LogP contribution in [0.4, 0.5) is 0 Å². The van der Waals surface area contributed by atoms with E-state index in [0.29, 0.717) is 11.5 Å². The predicted octanol–water partition coefficient (Wildman–Crippen LogP) is 2.89. The smallest absolute Gasteiger partial charge is 0.0189 e. The van der Waals surface area contributed by atoms with Crippen LogP contribution in [0, 0.1) is 5.41 Å². The summed E-state index contributed by atoms with van der Waals surface area (Å²) in [7, 11) is 4.37. The first kappa shape index (κ1) is 14.0. The molecule has 2 nitrogen and oxygen atoms in total. The summed E-state index contributed by atoms with van der Waals surface area (Å²) in [6, 6.07) is 1.47. The molecular weight excluding hydrogens is 196 g/mol. The lowest BCUT2D eigenvalue weighted by atomic mass is 9.75. The summed E-state index contributed by atoms with van der Waals surface area (Å²) < 4.78 is 0. The second-order valence-corrected chi connectivity index (χ2v) is 6.23. The summed E-state index contributed by atoms with van der Waals surface area (Å²) in [5.41, 5.74) is 0.588. The fraction of sp³-hybridized carbons (Fsp3) is 1.00. The van der Waals surface area contributed by atoms with E-state index in [1.165, 1.54) is 38.6 Å². The summed E-state index contributed by atoms with van der Waals surface area (Å²) in [6.07, 6.45) is 6.75. The van der Waals surface area contributed by atoms with Crippen LogP contribution < -0.4 is 5.32 Å². The van der Waals surface area contributed by atoms with Gasteiger partial charge in [0.15, 0.2) is 0 Å². The maximum atomic E-state index is 3.40. The van der Waals surface area contributed by atoms with E-state index in [1.54, 1.807) is 0 Å². The Morgan fingerprint density at radius 3 is 2.31 bits per heavy atom. The second kappa shape index (κ2) is 6.02. The zero-order valence-corrected chi connectivity index (χ0v) is 11.8. The van der Waals surface area contributed by atoms with Crippen LogP contribution in [0.25, 0.3) is 0 Å². The molecule has 1 aliphatic rings. The number of hydrogen-bond acceptors (Lipinski definition) is 2. The van der Waals surface area contributed by atoms with Gasteiger partial charge in [0.2, 0.25) is 0 Å². The third-order valence-corrected chi connectivity index (χ3v) is 4.34. The molecule has 1 fully saturated rings. The van der Waals surface area contributed by atoms with E-state index < -0.39 is 0 Å². The summed E-state index contributed by atoms with van der Waals surface area (Å²) in [5, 5.41) is 3.40. The highest BCUT2D eigenvalue weighted by molar-refractivity contribution is 4.84. The third-order valence-electron chi connectivity index (χ3n) is 4.34. The van der Waals surface area contributed by atoms with E-state index in [-0.39, 0.29) is 0 Å². The van der Waals surface area contributed by atoms with E-state index in [1.807, 2.05) is 0 Å². The highest BCUT2D eigenvalue weighted by atomic mass is 15.1. The first-order valence-electron chi connectivity index (χ1n) is 6.86. The standard InChI is InChI=1S/C14H30N2/c1-6-12(15-4)11-16(5)13-7-9-14(2,3)10-8-13/h12-13,15H,6-11H2,1-5H3. The quantitative estimate of drug-likeness (QED) is 0.775. The molecule has 0 aliphatic heterocycles. The van der Waals surface area contributed by atoms with Crippen LogP contribution in [-0.2, 0) is 0 Å². The van der Waals surface area contributed by atoms with Crippen LogP contribution in [0.3, 0.4) is 0 Å². The van der Waals surface area contributed by atoms with Crippen LogP contribution >= 0.6 is 0 Å². The molecule has 0 aromatic heterocycles. The molecule has 0 heterocycles. The molecule has 16 heavy (non-hydrogen) atoms. The molecule has 1 atom stereocenters. The van der Waals surface area contributed by atoms with Crippen molar-refractivity contribution in [3.8, 4) is 0 Å². The molecule has 1 N–H and O–H groups in total. The van der Waals surface area contributed by atoms with Gasteiger partial charge >= 0.3 is 0 Å². The summed E-state index contributed by atoms with van der Waals surface area (Å²) >= 11 is 0. The number of nitrogens with zero attached hydrogens (tertiary/aromatic N) is 1. The van der Waals surface area contributed by atoms with Gasteiger partial charge in [0, 0.05) is 18.6 Å². The molecule has 0 spiro atoms. The summed E-state index contributed by atoms with van der Waals surface area (Å²) in [4.78, 5) is 2.57. The van der Waals surface area contributed by atoms with Crippen LogP contribution in [0.5, 0.6) is 0 Å². The van der Waals surface area contributed by atoms with Crippen LogP contribution in [0.1, 0.15) is 52.9 Å². The van der Waals surface area contributed by atoms with Gasteiger partial charge in [0.05, 0.1) is 0 Å². The van der Waals surface area contributed by atoms with Crippen LogP contribution in [0.15, 0.2) is 0 Å². The van der Waals surface area contributed by atoms with Crippen LogP contribution in [-0.4, -0.2) is 37.6 Å². The maximum absolute atomic E-state index is 3.40. The van der Waals surface area contributed by atoms with E-state index in [2.05, 4.69) is 45.1 Å². The maximum Gasteiger partial charge on any atom is 0.0189 e. The van der Waals surface area contributed by atoms with Gasteiger partial charge in [-0.3, -0.25) is 0 Å². The minimum atomic E-state index is 0.588. The minimum absolute atomic E-state index is 0.588. The van der Waals surface area contributed by atoms with Crippen molar-refractivity contribution in [3.05, 3.63) is 0 Å².